The zero-order chi connectivity index (χ0) is 19.9. The molecular formula is C20H30N4O4. The first-order chi connectivity index (χ1) is 13.6. The van der Waals surface area contributed by atoms with Gasteiger partial charge in [0.1, 0.15) is 6.10 Å². The zero-order valence-electron chi connectivity index (χ0n) is 16.7. The number of hydrogen-bond acceptors (Lipinski definition) is 5. The normalized spacial score (nSPS) is 20.4. The second kappa shape index (κ2) is 9.64. The molecule has 0 saturated carbocycles. The smallest absolute Gasteiger partial charge is 0.251 e. The Labute approximate surface area is 166 Å². The lowest BCUT2D eigenvalue weighted by Gasteiger charge is -2.37. The summed E-state index contributed by atoms with van der Waals surface area (Å²) in [6.07, 6.45) is 1.54. The summed E-state index contributed by atoms with van der Waals surface area (Å²) in [6.45, 7) is 6.76. The summed E-state index contributed by atoms with van der Waals surface area (Å²) in [7, 11) is 1.53. The Balaban J connectivity index is 1.58. The van der Waals surface area contributed by atoms with Gasteiger partial charge in [-0.25, -0.2) is 4.99 Å². The number of methoxy groups -OCH3 is 1. The largest absolute Gasteiger partial charge is 0.504 e. The van der Waals surface area contributed by atoms with Gasteiger partial charge in [-0.05, 0) is 37.5 Å². The van der Waals surface area contributed by atoms with Crippen LogP contribution >= 0.6 is 0 Å². The van der Waals surface area contributed by atoms with Gasteiger partial charge < -0.3 is 29.7 Å². The first kappa shape index (κ1) is 20.3. The Bertz CT molecular complexity index is 695. The molecule has 3 rings (SSSR count). The highest BCUT2D eigenvalue weighted by molar-refractivity contribution is 5.82. The second-order valence-electron chi connectivity index (χ2n) is 6.99. The summed E-state index contributed by atoms with van der Waals surface area (Å²) in [5, 5.41) is 13.3. The monoisotopic (exact) mass is 390 g/mol. The van der Waals surface area contributed by atoms with Crippen molar-refractivity contribution in [3.05, 3.63) is 23.8 Å². The average Bonchev–Trinajstić information content (AvgIpc) is 3.26. The van der Waals surface area contributed by atoms with Crippen LogP contribution < -0.4 is 10.1 Å². The van der Waals surface area contributed by atoms with Gasteiger partial charge in [-0.3, -0.25) is 4.79 Å². The van der Waals surface area contributed by atoms with Gasteiger partial charge in [0.25, 0.3) is 5.91 Å². The fourth-order valence-electron chi connectivity index (χ4n) is 3.54. The maximum absolute atomic E-state index is 12.5. The summed E-state index contributed by atoms with van der Waals surface area (Å²) in [5.41, 5.74) is 0.904. The van der Waals surface area contributed by atoms with E-state index in [1.807, 2.05) is 17.9 Å². The van der Waals surface area contributed by atoms with Crippen LogP contribution in [0.3, 0.4) is 0 Å². The van der Waals surface area contributed by atoms with E-state index in [-0.39, 0.29) is 17.8 Å². The van der Waals surface area contributed by atoms with E-state index in [1.54, 1.807) is 12.1 Å². The molecule has 0 aromatic heterocycles. The Morgan fingerprint density at radius 3 is 2.68 bits per heavy atom. The number of carbonyl (C=O) groups excluding carboxylic acids is 1. The molecule has 2 heterocycles. The molecule has 2 aliphatic heterocycles. The van der Waals surface area contributed by atoms with Gasteiger partial charge in [0.15, 0.2) is 17.5 Å². The van der Waals surface area contributed by atoms with Crippen LogP contribution in [0.1, 0.15) is 25.3 Å². The number of rotatable bonds is 5. The van der Waals surface area contributed by atoms with E-state index < -0.39 is 0 Å². The third kappa shape index (κ3) is 4.86. The van der Waals surface area contributed by atoms with Crippen LogP contribution in [-0.4, -0.2) is 79.3 Å². The summed E-state index contributed by atoms with van der Waals surface area (Å²) >= 11 is 0. The molecule has 1 amide bonds. The average molecular weight is 390 g/mol. The van der Waals surface area contributed by atoms with Gasteiger partial charge in [0.2, 0.25) is 0 Å². The fraction of sp³-hybridized carbons (Fsp3) is 0.600. The van der Waals surface area contributed by atoms with Crippen molar-refractivity contribution in [2.75, 3.05) is 46.4 Å². The molecule has 0 spiro atoms. The van der Waals surface area contributed by atoms with E-state index in [0.29, 0.717) is 32.0 Å². The first-order valence-corrected chi connectivity index (χ1v) is 9.92. The van der Waals surface area contributed by atoms with E-state index in [1.165, 1.54) is 7.11 Å². The SMILES string of the molecule is CCNC(=NCc1ccc(OC)c(O)c1)N1CCN(C(=O)C2CCCO2)CC1. The lowest BCUT2D eigenvalue weighted by molar-refractivity contribution is -0.142. The molecule has 2 saturated heterocycles. The number of phenolic OH excluding ortho intramolecular Hbond substituents is 1. The Hall–Kier alpha value is -2.48. The number of guanidine groups is 1. The van der Waals surface area contributed by atoms with Crippen LogP contribution in [-0.2, 0) is 16.1 Å². The third-order valence-electron chi connectivity index (χ3n) is 5.09. The summed E-state index contributed by atoms with van der Waals surface area (Å²) < 4.78 is 10.6. The minimum absolute atomic E-state index is 0.112. The molecule has 28 heavy (non-hydrogen) atoms. The highest BCUT2D eigenvalue weighted by Crippen LogP contribution is 2.26. The summed E-state index contributed by atoms with van der Waals surface area (Å²) in [5.74, 6) is 1.50. The minimum Gasteiger partial charge on any atom is -0.504 e. The lowest BCUT2D eigenvalue weighted by Crippen LogP contribution is -2.55. The van der Waals surface area contributed by atoms with Gasteiger partial charge in [0.05, 0.1) is 13.7 Å². The molecule has 1 aromatic rings. The van der Waals surface area contributed by atoms with Crippen LogP contribution in [0.2, 0.25) is 0 Å². The Morgan fingerprint density at radius 1 is 1.32 bits per heavy atom. The van der Waals surface area contributed by atoms with Crippen LogP contribution in [0.15, 0.2) is 23.2 Å². The number of nitrogens with one attached hydrogen (secondary N) is 1. The Morgan fingerprint density at radius 2 is 2.07 bits per heavy atom. The molecule has 2 aliphatic rings. The number of amides is 1. The summed E-state index contributed by atoms with van der Waals surface area (Å²) in [6, 6.07) is 5.30. The van der Waals surface area contributed by atoms with Gasteiger partial charge in [-0.2, -0.15) is 0 Å². The van der Waals surface area contributed by atoms with Crippen LogP contribution in [0, 0.1) is 0 Å². The number of phenols is 1. The van der Waals surface area contributed by atoms with E-state index in [2.05, 4.69) is 10.2 Å². The quantitative estimate of drug-likeness (QED) is 0.580. The standard InChI is InChI=1S/C20H30N4O4/c1-3-21-20(22-14-15-6-7-17(27-2)16(25)13-15)24-10-8-23(9-11-24)19(26)18-5-4-12-28-18/h6-7,13,18,25H,3-5,8-12,14H2,1-2H3,(H,21,22). The number of aromatic hydroxyl groups is 1. The Kier molecular flexibility index (Phi) is 6.97. The van der Waals surface area contributed by atoms with Crippen molar-refractivity contribution in [3.63, 3.8) is 0 Å². The predicted octanol–water partition coefficient (Wildman–Crippen LogP) is 1.19. The molecule has 8 heteroatoms. The molecule has 154 valence electrons. The van der Waals surface area contributed by atoms with Crippen molar-refractivity contribution < 1.29 is 19.4 Å². The highest BCUT2D eigenvalue weighted by Gasteiger charge is 2.30. The third-order valence-corrected chi connectivity index (χ3v) is 5.09. The van der Waals surface area contributed by atoms with Gasteiger partial charge in [-0.1, -0.05) is 6.07 Å². The molecular weight excluding hydrogens is 360 g/mol. The molecule has 0 radical (unpaired) electrons. The molecule has 0 bridgehead atoms. The fourth-order valence-corrected chi connectivity index (χ4v) is 3.54. The number of aliphatic imine (C=N–C) groups is 1. The van der Waals surface area contributed by atoms with E-state index in [9.17, 15) is 9.90 Å². The van der Waals surface area contributed by atoms with Crippen LogP contribution in [0.4, 0.5) is 0 Å². The minimum atomic E-state index is -0.254. The van der Waals surface area contributed by atoms with E-state index >= 15 is 0 Å². The maximum atomic E-state index is 12.5. The van der Waals surface area contributed by atoms with Crippen LogP contribution in [0.25, 0.3) is 0 Å². The molecule has 8 nitrogen and oxygen atoms in total. The molecule has 1 atom stereocenters. The topological polar surface area (TPSA) is 86.6 Å². The summed E-state index contributed by atoms with van der Waals surface area (Å²) in [4.78, 5) is 21.3. The van der Waals surface area contributed by atoms with Crippen molar-refractivity contribution in [3.8, 4) is 11.5 Å². The van der Waals surface area contributed by atoms with Gasteiger partial charge in [0, 0.05) is 39.3 Å². The van der Waals surface area contributed by atoms with Gasteiger partial charge in [-0.15, -0.1) is 0 Å². The number of benzene rings is 1. The molecule has 2 N–H and O–H groups in total. The predicted molar refractivity (Wildman–Crippen MR) is 107 cm³/mol. The lowest BCUT2D eigenvalue weighted by atomic mass is 10.2. The zero-order valence-corrected chi connectivity index (χ0v) is 16.7. The molecule has 0 aliphatic carbocycles. The van der Waals surface area contributed by atoms with Crippen molar-refractivity contribution in [2.45, 2.75) is 32.4 Å². The number of nitrogens with zero attached hydrogens (tertiary/aromatic N) is 3. The number of carbonyl (C=O) groups is 1. The number of ether oxygens (including phenoxy) is 2. The maximum Gasteiger partial charge on any atom is 0.251 e. The van der Waals surface area contributed by atoms with Crippen molar-refractivity contribution in [1.82, 2.24) is 15.1 Å². The van der Waals surface area contributed by atoms with Crippen molar-refractivity contribution in [2.24, 2.45) is 4.99 Å². The first-order valence-electron chi connectivity index (χ1n) is 9.92. The van der Waals surface area contributed by atoms with Crippen molar-refractivity contribution >= 4 is 11.9 Å². The highest BCUT2D eigenvalue weighted by atomic mass is 16.5. The molecule has 1 unspecified atom stereocenters. The van der Waals surface area contributed by atoms with Gasteiger partial charge >= 0.3 is 0 Å². The number of piperazine rings is 1. The second-order valence-corrected chi connectivity index (χ2v) is 6.99. The van der Waals surface area contributed by atoms with Crippen LogP contribution in [0.5, 0.6) is 11.5 Å². The van der Waals surface area contributed by atoms with Crippen molar-refractivity contribution in [1.29, 1.82) is 0 Å². The van der Waals surface area contributed by atoms with E-state index in [0.717, 1.165) is 44.0 Å². The molecule has 1 aromatic carbocycles. The molecule has 2 fully saturated rings. The van der Waals surface area contributed by atoms with E-state index in [4.69, 9.17) is 14.5 Å². The number of hydrogen-bond donors (Lipinski definition) is 2.